The van der Waals surface area contributed by atoms with E-state index >= 15 is 0 Å². The summed E-state index contributed by atoms with van der Waals surface area (Å²) in [6.07, 6.45) is 0. The average Bonchev–Trinajstić information content (AvgIpc) is 2.78. The molecule has 1 heterocycles. The SMILES string of the molecule is COc1ccccc1-c1noc(C(C)N)n1.Cl. The van der Waals surface area contributed by atoms with Gasteiger partial charge in [0.25, 0.3) is 0 Å². The lowest BCUT2D eigenvalue weighted by Crippen LogP contribution is -2.04. The van der Waals surface area contributed by atoms with E-state index in [1.165, 1.54) is 0 Å². The number of nitrogens with zero attached hydrogens (tertiary/aromatic N) is 2. The molecule has 0 saturated heterocycles. The third kappa shape index (κ3) is 2.75. The van der Waals surface area contributed by atoms with Gasteiger partial charge < -0.3 is 15.0 Å². The zero-order chi connectivity index (χ0) is 11.5. The first-order valence-electron chi connectivity index (χ1n) is 4.95. The van der Waals surface area contributed by atoms with Crippen molar-refractivity contribution in [3.8, 4) is 17.1 Å². The number of nitrogens with two attached hydrogens (primary N) is 1. The van der Waals surface area contributed by atoms with E-state index in [0.717, 1.165) is 5.56 Å². The molecule has 92 valence electrons. The molecule has 2 N–H and O–H groups in total. The lowest BCUT2D eigenvalue weighted by atomic mass is 10.2. The molecule has 0 aliphatic carbocycles. The van der Waals surface area contributed by atoms with Gasteiger partial charge in [-0.2, -0.15) is 4.98 Å². The molecule has 0 bridgehead atoms. The summed E-state index contributed by atoms with van der Waals surface area (Å²) in [6.45, 7) is 1.79. The summed E-state index contributed by atoms with van der Waals surface area (Å²) in [6, 6.07) is 7.22. The fourth-order valence-corrected chi connectivity index (χ4v) is 1.36. The van der Waals surface area contributed by atoms with Gasteiger partial charge in [-0.15, -0.1) is 12.4 Å². The molecule has 0 fully saturated rings. The summed E-state index contributed by atoms with van der Waals surface area (Å²) in [5.74, 6) is 1.62. The van der Waals surface area contributed by atoms with Crippen molar-refractivity contribution >= 4 is 12.4 Å². The average molecular weight is 256 g/mol. The van der Waals surface area contributed by atoms with E-state index in [9.17, 15) is 0 Å². The van der Waals surface area contributed by atoms with Crippen molar-refractivity contribution in [3.63, 3.8) is 0 Å². The van der Waals surface area contributed by atoms with Gasteiger partial charge in [-0.25, -0.2) is 0 Å². The van der Waals surface area contributed by atoms with Crippen molar-refractivity contribution < 1.29 is 9.26 Å². The van der Waals surface area contributed by atoms with E-state index in [1.54, 1.807) is 14.0 Å². The number of rotatable bonds is 3. The quantitative estimate of drug-likeness (QED) is 0.910. The summed E-state index contributed by atoms with van der Waals surface area (Å²) in [7, 11) is 1.60. The minimum atomic E-state index is -0.268. The highest BCUT2D eigenvalue weighted by atomic mass is 35.5. The number of halogens is 1. The van der Waals surface area contributed by atoms with Gasteiger partial charge in [-0.3, -0.25) is 0 Å². The predicted molar refractivity (Wildman–Crippen MR) is 66.1 cm³/mol. The van der Waals surface area contributed by atoms with E-state index in [4.69, 9.17) is 15.0 Å². The summed E-state index contributed by atoms with van der Waals surface area (Å²) >= 11 is 0. The highest BCUT2D eigenvalue weighted by molar-refractivity contribution is 5.85. The Hall–Kier alpha value is -1.59. The molecule has 17 heavy (non-hydrogen) atoms. The Morgan fingerprint density at radius 2 is 2.06 bits per heavy atom. The summed E-state index contributed by atoms with van der Waals surface area (Å²) in [5, 5.41) is 3.87. The van der Waals surface area contributed by atoms with Crippen molar-refractivity contribution in [3.05, 3.63) is 30.2 Å². The van der Waals surface area contributed by atoms with Gasteiger partial charge in [0.15, 0.2) is 0 Å². The maximum Gasteiger partial charge on any atom is 0.243 e. The molecule has 0 spiro atoms. The molecule has 1 unspecified atom stereocenters. The highest BCUT2D eigenvalue weighted by Crippen LogP contribution is 2.27. The second-order valence-corrected chi connectivity index (χ2v) is 3.45. The highest BCUT2D eigenvalue weighted by Gasteiger charge is 2.14. The number of aromatic nitrogens is 2. The van der Waals surface area contributed by atoms with Gasteiger partial charge in [0, 0.05) is 0 Å². The number of hydrogen-bond donors (Lipinski definition) is 1. The number of methoxy groups -OCH3 is 1. The molecule has 1 atom stereocenters. The monoisotopic (exact) mass is 255 g/mol. The van der Waals surface area contributed by atoms with Crippen LogP contribution < -0.4 is 10.5 Å². The third-order valence-corrected chi connectivity index (χ3v) is 2.18. The molecule has 2 aromatic rings. The first-order valence-corrected chi connectivity index (χ1v) is 4.95. The molecule has 6 heteroatoms. The zero-order valence-corrected chi connectivity index (χ0v) is 10.4. The second kappa shape index (κ2) is 5.65. The van der Waals surface area contributed by atoms with E-state index in [0.29, 0.717) is 17.5 Å². The van der Waals surface area contributed by atoms with Crippen molar-refractivity contribution in [2.45, 2.75) is 13.0 Å². The summed E-state index contributed by atoms with van der Waals surface area (Å²) in [4.78, 5) is 4.21. The van der Waals surface area contributed by atoms with Crippen LogP contribution in [-0.2, 0) is 0 Å². The fraction of sp³-hybridized carbons (Fsp3) is 0.273. The van der Waals surface area contributed by atoms with E-state index in [2.05, 4.69) is 10.1 Å². The molecule has 1 aromatic heterocycles. The smallest absolute Gasteiger partial charge is 0.243 e. The van der Waals surface area contributed by atoms with Crippen molar-refractivity contribution in [2.24, 2.45) is 5.73 Å². The predicted octanol–water partition coefficient (Wildman–Crippen LogP) is 2.19. The Kier molecular flexibility index (Phi) is 4.48. The van der Waals surface area contributed by atoms with Crippen molar-refractivity contribution in [2.75, 3.05) is 7.11 Å². The standard InChI is InChI=1S/C11H13N3O2.ClH/c1-7(12)11-13-10(14-16-11)8-5-3-4-6-9(8)15-2;/h3-7H,12H2,1-2H3;1H. The van der Waals surface area contributed by atoms with E-state index < -0.39 is 0 Å². The first-order chi connectivity index (χ1) is 7.72. The minimum absolute atomic E-state index is 0. The second-order valence-electron chi connectivity index (χ2n) is 3.45. The molecular formula is C11H14ClN3O2. The molecule has 0 aliphatic heterocycles. The molecule has 1 aromatic carbocycles. The van der Waals surface area contributed by atoms with Crippen LogP contribution in [0.5, 0.6) is 5.75 Å². The lowest BCUT2D eigenvalue weighted by molar-refractivity contribution is 0.361. The van der Waals surface area contributed by atoms with Gasteiger partial charge in [0.2, 0.25) is 11.7 Å². The van der Waals surface area contributed by atoms with Gasteiger partial charge in [-0.1, -0.05) is 17.3 Å². The van der Waals surface area contributed by atoms with E-state index in [-0.39, 0.29) is 18.4 Å². The van der Waals surface area contributed by atoms with E-state index in [1.807, 2.05) is 24.3 Å². The van der Waals surface area contributed by atoms with Crippen LogP contribution in [0.2, 0.25) is 0 Å². The normalized spacial score (nSPS) is 11.7. The molecule has 0 amide bonds. The van der Waals surface area contributed by atoms with Crippen LogP contribution >= 0.6 is 12.4 Å². The first kappa shape index (κ1) is 13.5. The van der Waals surface area contributed by atoms with Gasteiger partial charge in [0.05, 0.1) is 18.7 Å². The van der Waals surface area contributed by atoms with Crippen LogP contribution in [0, 0.1) is 0 Å². The number of para-hydroxylation sites is 1. The summed E-state index contributed by atoms with van der Waals surface area (Å²) < 4.78 is 10.3. The Labute approximate surface area is 105 Å². The van der Waals surface area contributed by atoms with Crippen LogP contribution in [0.4, 0.5) is 0 Å². The van der Waals surface area contributed by atoms with Crippen molar-refractivity contribution in [1.29, 1.82) is 0 Å². The Morgan fingerprint density at radius 1 is 1.35 bits per heavy atom. The Morgan fingerprint density at radius 3 is 2.65 bits per heavy atom. The molecule has 0 radical (unpaired) electrons. The minimum Gasteiger partial charge on any atom is -0.496 e. The number of hydrogen-bond acceptors (Lipinski definition) is 5. The molecule has 2 rings (SSSR count). The van der Waals surface area contributed by atoms with Gasteiger partial charge >= 0.3 is 0 Å². The van der Waals surface area contributed by atoms with Gasteiger partial charge in [-0.05, 0) is 19.1 Å². The Bertz CT molecular complexity index is 485. The van der Waals surface area contributed by atoms with Crippen LogP contribution in [0.25, 0.3) is 11.4 Å². The molecule has 0 saturated carbocycles. The Balaban J connectivity index is 0.00000144. The largest absolute Gasteiger partial charge is 0.496 e. The zero-order valence-electron chi connectivity index (χ0n) is 9.58. The number of ether oxygens (including phenoxy) is 1. The van der Waals surface area contributed by atoms with Crippen LogP contribution in [0.15, 0.2) is 28.8 Å². The maximum absolute atomic E-state index is 5.65. The lowest BCUT2D eigenvalue weighted by Gasteiger charge is -2.03. The third-order valence-electron chi connectivity index (χ3n) is 2.18. The molecular weight excluding hydrogens is 242 g/mol. The summed E-state index contributed by atoms with van der Waals surface area (Å²) in [5.41, 5.74) is 6.44. The maximum atomic E-state index is 5.65. The van der Waals surface area contributed by atoms with Crippen LogP contribution in [0.3, 0.4) is 0 Å². The molecule has 0 aliphatic rings. The number of benzene rings is 1. The molecule has 5 nitrogen and oxygen atoms in total. The topological polar surface area (TPSA) is 74.2 Å². The van der Waals surface area contributed by atoms with Gasteiger partial charge in [0.1, 0.15) is 5.75 Å². The fourth-order valence-electron chi connectivity index (χ4n) is 1.36. The van der Waals surface area contributed by atoms with Crippen LogP contribution in [-0.4, -0.2) is 17.3 Å². The van der Waals surface area contributed by atoms with Crippen LogP contribution in [0.1, 0.15) is 18.9 Å². The van der Waals surface area contributed by atoms with Crippen molar-refractivity contribution in [1.82, 2.24) is 10.1 Å².